The lowest BCUT2D eigenvalue weighted by Crippen LogP contribution is -2.55. The molecule has 0 bridgehead atoms. The van der Waals surface area contributed by atoms with E-state index in [2.05, 4.69) is 30.3 Å². The first-order valence-electron chi connectivity index (χ1n) is 11.9. The van der Waals surface area contributed by atoms with Crippen LogP contribution in [0.1, 0.15) is 35.3 Å². The zero-order valence-electron chi connectivity index (χ0n) is 19.7. The zero-order chi connectivity index (χ0) is 24.7. The van der Waals surface area contributed by atoms with Crippen molar-refractivity contribution in [2.24, 2.45) is 0 Å². The number of para-hydroxylation sites is 1. The molecule has 6 rings (SSSR count). The number of amides is 1. The molecule has 0 saturated carbocycles. The van der Waals surface area contributed by atoms with Gasteiger partial charge in [-0.15, -0.1) is 11.8 Å². The number of carbonyl (C=O) groups excluding carboxylic acids is 1. The van der Waals surface area contributed by atoms with E-state index in [1.807, 2.05) is 90.7 Å². The molecule has 2 aliphatic rings. The predicted molar refractivity (Wildman–Crippen MR) is 147 cm³/mol. The molecule has 0 aromatic heterocycles. The van der Waals surface area contributed by atoms with Crippen LogP contribution in [-0.4, -0.2) is 5.91 Å². The van der Waals surface area contributed by atoms with Gasteiger partial charge in [-0.3, -0.25) is 9.69 Å². The van der Waals surface area contributed by atoms with Crippen LogP contribution in [0.4, 0.5) is 5.69 Å². The summed E-state index contributed by atoms with van der Waals surface area (Å²) in [5, 5.41) is 0.693. The van der Waals surface area contributed by atoms with Crippen LogP contribution in [0.5, 0.6) is 0 Å². The number of benzene rings is 4. The predicted octanol–water partition coefficient (Wildman–Crippen LogP) is 8.22. The highest BCUT2D eigenvalue weighted by Gasteiger charge is 2.53. The second-order valence-electron chi connectivity index (χ2n) is 9.04. The van der Waals surface area contributed by atoms with Crippen molar-refractivity contribution in [3.8, 4) is 0 Å². The van der Waals surface area contributed by atoms with Crippen LogP contribution in [0.3, 0.4) is 0 Å². The number of hydrogen-bond donors (Lipinski definition) is 0. The Hall–Kier alpha value is -3.47. The van der Waals surface area contributed by atoms with Gasteiger partial charge in [-0.2, -0.15) is 0 Å². The maximum absolute atomic E-state index is 14.3. The number of ether oxygens (including phenoxy) is 1. The summed E-state index contributed by atoms with van der Waals surface area (Å²) in [5.74, 6) is 0.555. The summed E-state index contributed by atoms with van der Waals surface area (Å²) in [5.41, 5.74) is 3.34. The third-order valence-corrected chi connectivity index (χ3v) is 8.41. The standard InChI is InChI=1S/C31H24ClNO2S/c1-21-29(23-12-6-3-7-13-23)35-31(24-16-18-25(32)19-17-24)20-28(22-10-4-2-5-11-22)36-27-15-9-8-14-26(27)33(31)30(21)34/h2-19,28H,20H2,1H3. The van der Waals surface area contributed by atoms with Crippen LogP contribution in [-0.2, 0) is 15.3 Å². The summed E-state index contributed by atoms with van der Waals surface area (Å²) in [7, 11) is 0. The van der Waals surface area contributed by atoms with Crippen LogP contribution in [0.15, 0.2) is 120 Å². The van der Waals surface area contributed by atoms with E-state index in [4.69, 9.17) is 16.3 Å². The topological polar surface area (TPSA) is 29.5 Å². The molecule has 4 aromatic carbocycles. The molecule has 2 unspecified atom stereocenters. The van der Waals surface area contributed by atoms with Crippen molar-refractivity contribution in [1.29, 1.82) is 0 Å². The Morgan fingerprint density at radius 1 is 0.861 bits per heavy atom. The van der Waals surface area contributed by atoms with Gasteiger partial charge in [0, 0.05) is 32.7 Å². The molecule has 178 valence electrons. The molecule has 0 saturated heterocycles. The molecule has 3 nitrogen and oxygen atoms in total. The van der Waals surface area contributed by atoms with E-state index >= 15 is 0 Å². The van der Waals surface area contributed by atoms with Crippen LogP contribution >= 0.6 is 23.4 Å². The van der Waals surface area contributed by atoms with E-state index in [0.29, 0.717) is 22.8 Å². The average molecular weight is 510 g/mol. The van der Waals surface area contributed by atoms with Gasteiger partial charge in [0.05, 0.1) is 11.3 Å². The molecule has 2 aliphatic heterocycles. The minimum atomic E-state index is -1.06. The summed E-state index contributed by atoms with van der Waals surface area (Å²) in [6.07, 6.45) is 0.563. The second kappa shape index (κ2) is 9.20. The van der Waals surface area contributed by atoms with Gasteiger partial charge in [0.25, 0.3) is 5.91 Å². The number of carbonyl (C=O) groups is 1. The summed E-state index contributed by atoms with van der Waals surface area (Å²) in [4.78, 5) is 17.2. The van der Waals surface area contributed by atoms with E-state index in [-0.39, 0.29) is 11.2 Å². The molecule has 0 aliphatic carbocycles. The molecule has 4 aromatic rings. The van der Waals surface area contributed by atoms with E-state index in [1.165, 1.54) is 5.56 Å². The van der Waals surface area contributed by atoms with E-state index in [1.54, 1.807) is 11.8 Å². The Kier molecular flexibility index (Phi) is 5.87. The van der Waals surface area contributed by atoms with Gasteiger partial charge >= 0.3 is 0 Å². The first kappa shape index (κ1) is 23.0. The third-order valence-electron chi connectivity index (χ3n) is 6.84. The monoisotopic (exact) mass is 509 g/mol. The van der Waals surface area contributed by atoms with Crippen molar-refractivity contribution in [1.82, 2.24) is 0 Å². The molecule has 2 heterocycles. The minimum absolute atomic E-state index is 0.0521. The van der Waals surface area contributed by atoms with Crippen molar-refractivity contribution in [2.75, 3.05) is 4.90 Å². The van der Waals surface area contributed by atoms with Crippen molar-refractivity contribution in [3.63, 3.8) is 0 Å². The fourth-order valence-corrected chi connectivity index (χ4v) is 6.55. The first-order valence-corrected chi connectivity index (χ1v) is 13.2. The molecule has 0 radical (unpaired) electrons. The van der Waals surface area contributed by atoms with Gasteiger partial charge < -0.3 is 4.74 Å². The van der Waals surface area contributed by atoms with Gasteiger partial charge in [-0.25, -0.2) is 0 Å². The summed E-state index contributed by atoms with van der Waals surface area (Å²) in [6.45, 7) is 1.85. The molecule has 36 heavy (non-hydrogen) atoms. The number of rotatable bonds is 3. The molecule has 1 amide bonds. The van der Waals surface area contributed by atoms with E-state index < -0.39 is 5.72 Å². The highest BCUT2D eigenvalue weighted by atomic mass is 35.5. The Morgan fingerprint density at radius 2 is 1.50 bits per heavy atom. The molecule has 2 atom stereocenters. The molecular formula is C31H24ClNO2S. The van der Waals surface area contributed by atoms with Crippen LogP contribution in [0.25, 0.3) is 5.76 Å². The Morgan fingerprint density at radius 3 is 2.22 bits per heavy atom. The lowest BCUT2D eigenvalue weighted by atomic mass is 9.89. The maximum atomic E-state index is 14.3. The van der Waals surface area contributed by atoms with Gasteiger partial charge in [-0.1, -0.05) is 96.5 Å². The first-order chi connectivity index (χ1) is 17.6. The average Bonchev–Trinajstić information content (AvgIpc) is 3.07. The lowest BCUT2D eigenvalue weighted by molar-refractivity contribution is -0.122. The van der Waals surface area contributed by atoms with Crippen molar-refractivity contribution >= 4 is 40.7 Å². The molecule has 0 spiro atoms. The van der Waals surface area contributed by atoms with Crippen LogP contribution < -0.4 is 4.90 Å². The molecule has 0 fully saturated rings. The summed E-state index contributed by atoms with van der Waals surface area (Å²) in [6, 6.07) is 36.1. The zero-order valence-corrected chi connectivity index (χ0v) is 21.3. The van der Waals surface area contributed by atoms with Gasteiger partial charge in [0.2, 0.25) is 5.72 Å². The van der Waals surface area contributed by atoms with Gasteiger partial charge in [0.1, 0.15) is 5.76 Å². The summed E-state index contributed by atoms with van der Waals surface area (Å²) < 4.78 is 7.09. The SMILES string of the molecule is CC1=C(c2ccccc2)OC2(c3ccc(Cl)cc3)CC(c3ccccc3)Sc3ccccc3N2C1=O. The number of nitrogens with zero attached hydrogens (tertiary/aromatic N) is 1. The van der Waals surface area contributed by atoms with Crippen molar-refractivity contribution < 1.29 is 9.53 Å². The third kappa shape index (κ3) is 3.82. The second-order valence-corrected chi connectivity index (χ2v) is 10.7. The highest BCUT2D eigenvalue weighted by Crippen LogP contribution is 2.57. The summed E-state index contributed by atoms with van der Waals surface area (Å²) >= 11 is 8.08. The lowest BCUT2D eigenvalue weighted by Gasteiger charge is -2.48. The quantitative estimate of drug-likeness (QED) is 0.278. The number of fused-ring (bicyclic) bond motifs is 3. The fourth-order valence-electron chi connectivity index (χ4n) is 5.08. The fraction of sp³-hybridized carbons (Fsp3) is 0.129. The Bertz CT molecular complexity index is 1450. The maximum Gasteiger partial charge on any atom is 0.261 e. The van der Waals surface area contributed by atoms with E-state index in [9.17, 15) is 4.79 Å². The van der Waals surface area contributed by atoms with E-state index in [0.717, 1.165) is 21.7 Å². The number of hydrogen-bond acceptors (Lipinski definition) is 3. The number of halogens is 1. The number of thioether (sulfide) groups is 1. The Labute approximate surface area is 220 Å². The highest BCUT2D eigenvalue weighted by molar-refractivity contribution is 7.99. The van der Waals surface area contributed by atoms with Crippen molar-refractivity contribution in [2.45, 2.75) is 29.2 Å². The van der Waals surface area contributed by atoms with Crippen molar-refractivity contribution in [3.05, 3.63) is 136 Å². The van der Waals surface area contributed by atoms with Crippen LogP contribution in [0, 0.1) is 0 Å². The van der Waals surface area contributed by atoms with Crippen LogP contribution in [0.2, 0.25) is 5.02 Å². The van der Waals surface area contributed by atoms with Gasteiger partial charge in [-0.05, 0) is 36.8 Å². The Balaban J connectivity index is 1.64. The minimum Gasteiger partial charge on any atom is -0.462 e. The molecular weight excluding hydrogens is 486 g/mol. The largest absolute Gasteiger partial charge is 0.462 e. The molecule has 0 N–H and O–H groups in total. The number of anilines is 1. The smallest absolute Gasteiger partial charge is 0.261 e. The normalized spacial score (nSPS) is 21.3. The molecule has 5 heteroatoms. The van der Waals surface area contributed by atoms with Gasteiger partial charge in [0.15, 0.2) is 0 Å².